The molecule has 0 aromatic rings. The van der Waals surface area contributed by atoms with Gasteiger partial charge in [-0.25, -0.2) is 0 Å². The van der Waals surface area contributed by atoms with E-state index >= 15 is 0 Å². The summed E-state index contributed by atoms with van der Waals surface area (Å²) >= 11 is 0. The predicted molar refractivity (Wildman–Crippen MR) is 47.2 cm³/mol. The highest BCUT2D eigenvalue weighted by molar-refractivity contribution is 4.91. The van der Waals surface area contributed by atoms with Gasteiger partial charge < -0.3 is 4.90 Å². The summed E-state index contributed by atoms with van der Waals surface area (Å²) in [7, 11) is 4.21. The van der Waals surface area contributed by atoms with Crippen molar-refractivity contribution >= 4 is 0 Å². The smallest absolute Gasteiger partial charge is 0.00218 e. The van der Waals surface area contributed by atoms with Gasteiger partial charge in [0.15, 0.2) is 0 Å². The second-order valence-electron chi connectivity index (χ2n) is 3.01. The Bertz CT molecular complexity index is 94.9. The molecule has 0 aromatic heterocycles. The molecule has 0 saturated heterocycles. The minimum Gasteiger partial charge on any atom is -0.309 e. The van der Waals surface area contributed by atoms with Crippen LogP contribution in [0, 0.1) is 0 Å². The van der Waals surface area contributed by atoms with Crippen LogP contribution < -0.4 is 0 Å². The Balaban J connectivity index is 3.12. The maximum absolute atomic E-state index is 3.95. The number of rotatable bonds is 5. The first-order chi connectivity index (χ1) is 4.66. The molecule has 0 atom stereocenters. The molecule has 1 nitrogen and oxygen atoms in total. The summed E-state index contributed by atoms with van der Waals surface area (Å²) in [6, 6.07) is 0. The van der Waals surface area contributed by atoms with E-state index in [2.05, 4.69) is 32.5 Å². The Morgan fingerprint density at radius 1 is 1.40 bits per heavy atom. The van der Waals surface area contributed by atoms with Crippen LogP contribution in [0.1, 0.15) is 26.2 Å². The van der Waals surface area contributed by atoms with Crippen LogP contribution in [0.4, 0.5) is 0 Å². The molecule has 0 aliphatic carbocycles. The van der Waals surface area contributed by atoms with E-state index in [4.69, 9.17) is 0 Å². The van der Waals surface area contributed by atoms with Gasteiger partial charge in [0.25, 0.3) is 0 Å². The van der Waals surface area contributed by atoms with Gasteiger partial charge in [-0.2, -0.15) is 0 Å². The summed E-state index contributed by atoms with van der Waals surface area (Å²) in [5.74, 6) is 0. The van der Waals surface area contributed by atoms with E-state index < -0.39 is 0 Å². The molecule has 0 aliphatic heterocycles. The highest BCUT2D eigenvalue weighted by Gasteiger charge is 1.92. The Morgan fingerprint density at radius 3 is 2.40 bits per heavy atom. The third-order valence-electron chi connectivity index (χ3n) is 1.64. The first kappa shape index (κ1) is 9.70. The van der Waals surface area contributed by atoms with Crippen molar-refractivity contribution in [3.8, 4) is 0 Å². The van der Waals surface area contributed by atoms with Crippen molar-refractivity contribution in [1.82, 2.24) is 4.90 Å². The van der Waals surface area contributed by atoms with E-state index in [0.717, 1.165) is 6.42 Å². The standard InChI is InChI=1S/C9H19N/c1-5-9(2)7-6-8-10(3)4/h2,5-8H2,1,3-4H3. The zero-order valence-electron chi connectivity index (χ0n) is 7.48. The number of hydrogen-bond donors (Lipinski definition) is 0. The molecule has 0 unspecified atom stereocenters. The topological polar surface area (TPSA) is 3.24 Å². The largest absolute Gasteiger partial charge is 0.309 e. The summed E-state index contributed by atoms with van der Waals surface area (Å²) in [5.41, 5.74) is 1.38. The lowest BCUT2D eigenvalue weighted by atomic mass is 10.1. The summed E-state index contributed by atoms with van der Waals surface area (Å²) in [5, 5.41) is 0. The first-order valence-electron chi connectivity index (χ1n) is 3.98. The Labute approximate surface area is 64.7 Å². The van der Waals surface area contributed by atoms with Crippen molar-refractivity contribution in [2.24, 2.45) is 0 Å². The Morgan fingerprint density at radius 2 is 2.00 bits per heavy atom. The molecule has 0 radical (unpaired) electrons. The average molecular weight is 141 g/mol. The van der Waals surface area contributed by atoms with E-state index in [1.54, 1.807) is 0 Å². The molecule has 0 bridgehead atoms. The number of nitrogens with zero attached hydrogens (tertiary/aromatic N) is 1. The van der Waals surface area contributed by atoms with Crippen LogP contribution >= 0.6 is 0 Å². The zero-order valence-corrected chi connectivity index (χ0v) is 7.48. The summed E-state index contributed by atoms with van der Waals surface area (Å²) in [6.07, 6.45) is 3.57. The molecule has 1 heteroatoms. The van der Waals surface area contributed by atoms with Crippen molar-refractivity contribution < 1.29 is 0 Å². The molecule has 0 amide bonds. The molecule has 0 fully saturated rings. The molecule has 0 rings (SSSR count). The lowest BCUT2D eigenvalue weighted by molar-refractivity contribution is 0.399. The fraction of sp³-hybridized carbons (Fsp3) is 0.778. The fourth-order valence-electron chi connectivity index (χ4n) is 0.822. The third kappa shape index (κ3) is 5.83. The minimum absolute atomic E-state index is 1.13. The quantitative estimate of drug-likeness (QED) is 0.531. The van der Waals surface area contributed by atoms with E-state index in [1.807, 2.05) is 0 Å². The van der Waals surface area contributed by atoms with E-state index in [9.17, 15) is 0 Å². The van der Waals surface area contributed by atoms with Crippen LogP contribution in [-0.2, 0) is 0 Å². The molecule has 0 heterocycles. The Hall–Kier alpha value is -0.300. The molecule has 0 saturated carbocycles. The van der Waals surface area contributed by atoms with Crippen LogP contribution in [0.25, 0.3) is 0 Å². The number of hydrogen-bond acceptors (Lipinski definition) is 1. The summed E-state index contributed by atoms with van der Waals surface area (Å²) in [6.45, 7) is 7.30. The predicted octanol–water partition coefficient (Wildman–Crippen LogP) is 2.29. The van der Waals surface area contributed by atoms with Crippen molar-refractivity contribution in [2.75, 3.05) is 20.6 Å². The first-order valence-corrected chi connectivity index (χ1v) is 3.98. The van der Waals surface area contributed by atoms with Gasteiger partial charge in [0.2, 0.25) is 0 Å². The SMILES string of the molecule is C=C(CC)CCCN(C)C. The molecule has 0 spiro atoms. The van der Waals surface area contributed by atoms with Gasteiger partial charge in [-0.1, -0.05) is 19.1 Å². The van der Waals surface area contributed by atoms with Gasteiger partial charge in [-0.05, 0) is 39.9 Å². The highest BCUT2D eigenvalue weighted by Crippen LogP contribution is 2.05. The van der Waals surface area contributed by atoms with Gasteiger partial charge in [0.05, 0.1) is 0 Å². The molecule has 0 aromatic carbocycles. The summed E-state index contributed by atoms with van der Waals surface area (Å²) in [4.78, 5) is 2.21. The van der Waals surface area contributed by atoms with Gasteiger partial charge >= 0.3 is 0 Å². The van der Waals surface area contributed by atoms with Gasteiger partial charge in [-0.15, -0.1) is 0 Å². The maximum atomic E-state index is 3.95. The lowest BCUT2D eigenvalue weighted by Crippen LogP contribution is -2.12. The molecular weight excluding hydrogens is 122 g/mol. The van der Waals surface area contributed by atoms with Crippen molar-refractivity contribution in [3.05, 3.63) is 12.2 Å². The van der Waals surface area contributed by atoms with Gasteiger partial charge in [0, 0.05) is 0 Å². The van der Waals surface area contributed by atoms with Crippen LogP contribution in [-0.4, -0.2) is 25.5 Å². The monoisotopic (exact) mass is 141 g/mol. The van der Waals surface area contributed by atoms with Gasteiger partial charge in [-0.3, -0.25) is 0 Å². The number of allylic oxidation sites excluding steroid dienone is 1. The normalized spacial score (nSPS) is 10.4. The summed E-state index contributed by atoms with van der Waals surface area (Å²) < 4.78 is 0. The van der Waals surface area contributed by atoms with Crippen LogP contribution in [0.3, 0.4) is 0 Å². The average Bonchev–Trinajstić information content (AvgIpc) is 1.87. The zero-order chi connectivity index (χ0) is 7.98. The second kappa shape index (κ2) is 5.48. The molecule has 0 N–H and O–H groups in total. The van der Waals surface area contributed by atoms with Gasteiger partial charge in [0.1, 0.15) is 0 Å². The molecule has 0 aliphatic rings. The third-order valence-corrected chi connectivity index (χ3v) is 1.64. The van der Waals surface area contributed by atoms with Crippen molar-refractivity contribution in [2.45, 2.75) is 26.2 Å². The Kier molecular flexibility index (Phi) is 5.32. The fourth-order valence-corrected chi connectivity index (χ4v) is 0.822. The van der Waals surface area contributed by atoms with Crippen LogP contribution in [0.2, 0.25) is 0 Å². The van der Waals surface area contributed by atoms with E-state index in [1.165, 1.54) is 25.0 Å². The van der Waals surface area contributed by atoms with Crippen LogP contribution in [0.5, 0.6) is 0 Å². The van der Waals surface area contributed by atoms with Crippen molar-refractivity contribution in [3.63, 3.8) is 0 Å². The molecule has 60 valence electrons. The van der Waals surface area contributed by atoms with E-state index in [0.29, 0.717) is 0 Å². The van der Waals surface area contributed by atoms with E-state index in [-0.39, 0.29) is 0 Å². The van der Waals surface area contributed by atoms with Crippen LogP contribution in [0.15, 0.2) is 12.2 Å². The maximum Gasteiger partial charge on any atom is -0.00218 e. The second-order valence-corrected chi connectivity index (χ2v) is 3.01. The molecule has 10 heavy (non-hydrogen) atoms. The van der Waals surface area contributed by atoms with Crippen molar-refractivity contribution in [1.29, 1.82) is 0 Å². The highest BCUT2D eigenvalue weighted by atomic mass is 15.0. The molecular formula is C9H19N. The lowest BCUT2D eigenvalue weighted by Gasteiger charge is -2.08. The minimum atomic E-state index is 1.13.